The maximum absolute atomic E-state index is 6.10. The number of rotatable bonds is 5. The summed E-state index contributed by atoms with van der Waals surface area (Å²) in [5.74, 6) is 0.756. The number of benzene rings is 3. The summed E-state index contributed by atoms with van der Waals surface area (Å²) in [7, 11) is -0.703. The molecule has 0 bridgehead atoms. The fourth-order valence-electron chi connectivity index (χ4n) is 3.73. The van der Waals surface area contributed by atoms with Crippen molar-refractivity contribution in [3.05, 3.63) is 120 Å². The van der Waals surface area contributed by atoms with Gasteiger partial charge < -0.3 is 4.74 Å². The highest BCUT2D eigenvalue weighted by Gasteiger charge is 2.25. The molecule has 2 nitrogen and oxygen atoms in total. The van der Waals surface area contributed by atoms with E-state index < -0.39 is 7.92 Å². The molecule has 1 atom stereocenters. The molecule has 0 saturated carbocycles. The number of hydrogen-bond acceptors (Lipinski definition) is 2. The number of nitrogens with zero attached hydrogens (tertiary/aromatic N) is 1. The summed E-state index contributed by atoms with van der Waals surface area (Å²) < 4.78 is 6.10. The summed E-state index contributed by atoms with van der Waals surface area (Å²) in [6, 6.07) is 38.5. The highest BCUT2D eigenvalue weighted by molar-refractivity contribution is 7.80. The maximum atomic E-state index is 6.10. The molecule has 0 fully saturated rings. The second kappa shape index (κ2) is 8.11. The van der Waals surface area contributed by atoms with Gasteiger partial charge in [0.15, 0.2) is 0 Å². The largest absolute Gasteiger partial charge is 0.475 e. The lowest BCUT2D eigenvalue weighted by Gasteiger charge is -2.22. The Bertz CT molecular complexity index is 1060. The third kappa shape index (κ3) is 3.64. The third-order valence-electron chi connectivity index (χ3n) is 5.13. The molecular weight excluding hydrogens is 373 g/mol. The molecule has 0 saturated heterocycles. The van der Waals surface area contributed by atoms with Gasteiger partial charge >= 0.3 is 0 Å². The minimum Gasteiger partial charge on any atom is -0.475 e. The first-order valence-electron chi connectivity index (χ1n) is 9.82. The smallest absolute Gasteiger partial charge is 0.217 e. The Labute approximate surface area is 172 Å². The van der Waals surface area contributed by atoms with Crippen LogP contribution in [-0.2, 0) is 4.74 Å². The molecule has 3 heteroatoms. The number of aliphatic imine (C=N–C) groups is 1. The molecule has 0 unspecified atom stereocenters. The molecule has 4 aromatic rings. The van der Waals surface area contributed by atoms with Crippen LogP contribution in [0.5, 0.6) is 0 Å². The van der Waals surface area contributed by atoms with Crippen LogP contribution in [0.25, 0.3) is 0 Å². The van der Waals surface area contributed by atoms with Gasteiger partial charge in [-0.1, -0.05) is 78.9 Å². The average molecular weight is 394 g/mol. The molecule has 0 spiro atoms. The maximum Gasteiger partial charge on any atom is 0.217 e. The van der Waals surface area contributed by atoms with E-state index >= 15 is 0 Å². The van der Waals surface area contributed by atoms with Crippen LogP contribution < -0.4 is 15.9 Å². The van der Waals surface area contributed by atoms with Gasteiger partial charge in [-0.15, -0.1) is 5.56 Å². The monoisotopic (exact) mass is 394 g/mol. The summed E-state index contributed by atoms with van der Waals surface area (Å²) in [6.45, 7) is 0.599. The van der Waals surface area contributed by atoms with Gasteiger partial charge in [0, 0.05) is 5.56 Å². The minimum atomic E-state index is -0.703. The van der Waals surface area contributed by atoms with Crippen molar-refractivity contribution in [3.8, 4) is 0 Å². The summed E-state index contributed by atoms with van der Waals surface area (Å²) in [4.78, 5) is 4.94. The van der Waals surface area contributed by atoms with Crippen molar-refractivity contribution in [1.29, 1.82) is 0 Å². The van der Waals surface area contributed by atoms with E-state index in [1.807, 2.05) is 0 Å². The molecule has 0 N–H and O–H groups in total. The lowest BCUT2D eigenvalue weighted by Crippen LogP contribution is -2.25. The van der Waals surface area contributed by atoms with Crippen LogP contribution >= 0.6 is 7.92 Å². The standard InChI is InChI=1S/C26H21NOP/c1-3-13-21(14-4-1)29(22-15-5-2-6-16-22)25-18-10-9-17-23(25)26-27-24(19-28-26)20-11-7-8-12-20/h1-18,24H,19H2/q-1/t24-/m0/s1. The molecule has 1 aliphatic heterocycles. The van der Waals surface area contributed by atoms with Crippen molar-refractivity contribution < 1.29 is 4.74 Å². The van der Waals surface area contributed by atoms with E-state index in [1.54, 1.807) is 0 Å². The van der Waals surface area contributed by atoms with Crippen LogP contribution in [0.2, 0.25) is 0 Å². The van der Waals surface area contributed by atoms with Crippen molar-refractivity contribution in [2.75, 3.05) is 6.61 Å². The Morgan fingerprint density at radius 3 is 2.07 bits per heavy atom. The predicted molar refractivity (Wildman–Crippen MR) is 122 cm³/mol. The van der Waals surface area contributed by atoms with Crippen LogP contribution in [0.4, 0.5) is 0 Å². The fourth-order valence-corrected chi connectivity index (χ4v) is 6.18. The van der Waals surface area contributed by atoms with Crippen molar-refractivity contribution >= 4 is 29.7 Å². The Hall–Kier alpha value is -3.09. The highest BCUT2D eigenvalue weighted by Crippen LogP contribution is 2.35. The summed E-state index contributed by atoms with van der Waals surface area (Å²) in [6.07, 6.45) is 0. The Kier molecular flexibility index (Phi) is 5.02. The molecule has 0 aliphatic carbocycles. The number of hydrogen-bond donors (Lipinski definition) is 0. The molecule has 4 aromatic carbocycles. The van der Waals surface area contributed by atoms with E-state index in [-0.39, 0.29) is 6.04 Å². The third-order valence-corrected chi connectivity index (χ3v) is 7.63. The summed E-state index contributed by atoms with van der Waals surface area (Å²) in [5.41, 5.74) is 2.31. The van der Waals surface area contributed by atoms with Crippen molar-refractivity contribution in [2.45, 2.75) is 6.04 Å². The zero-order valence-corrected chi connectivity index (χ0v) is 16.9. The first kappa shape index (κ1) is 18.0. The van der Waals surface area contributed by atoms with Gasteiger partial charge in [-0.25, -0.2) is 17.1 Å². The first-order chi connectivity index (χ1) is 14.4. The zero-order chi connectivity index (χ0) is 19.5. The van der Waals surface area contributed by atoms with Gasteiger partial charge in [-0.2, -0.15) is 12.1 Å². The normalized spacial score (nSPS) is 15.9. The van der Waals surface area contributed by atoms with Crippen LogP contribution in [0.15, 0.2) is 114 Å². The van der Waals surface area contributed by atoms with Crippen molar-refractivity contribution in [3.63, 3.8) is 0 Å². The molecule has 5 rings (SSSR count). The zero-order valence-electron chi connectivity index (χ0n) is 16.0. The van der Waals surface area contributed by atoms with Gasteiger partial charge in [0.1, 0.15) is 6.61 Å². The van der Waals surface area contributed by atoms with Crippen LogP contribution in [0.1, 0.15) is 17.2 Å². The van der Waals surface area contributed by atoms with Crippen molar-refractivity contribution in [1.82, 2.24) is 0 Å². The van der Waals surface area contributed by atoms with Gasteiger partial charge in [0.25, 0.3) is 0 Å². The Morgan fingerprint density at radius 1 is 0.759 bits per heavy atom. The van der Waals surface area contributed by atoms with E-state index in [1.165, 1.54) is 21.5 Å². The molecule has 142 valence electrons. The topological polar surface area (TPSA) is 21.6 Å². The van der Waals surface area contributed by atoms with E-state index in [2.05, 4.69) is 109 Å². The fraction of sp³-hybridized carbons (Fsp3) is 0.0769. The van der Waals surface area contributed by atoms with Gasteiger partial charge in [0.05, 0.1) is 6.04 Å². The lowest BCUT2D eigenvalue weighted by molar-refractivity contribution is 0.320. The highest BCUT2D eigenvalue weighted by atomic mass is 31.1. The quantitative estimate of drug-likeness (QED) is 0.356. The number of ether oxygens (including phenoxy) is 1. The van der Waals surface area contributed by atoms with Gasteiger partial charge in [0.2, 0.25) is 5.90 Å². The summed E-state index contributed by atoms with van der Waals surface area (Å²) in [5, 5.41) is 3.93. The Balaban J connectivity index is 1.61. The van der Waals surface area contributed by atoms with Crippen molar-refractivity contribution in [2.24, 2.45) is 4.99 Å². The molecule has 0 amide bonds. The van der Waals surface area contributed by atoms with E-state index in [0.717, 1.165) is 11.5 Å². The lowest BCUT2D eigenvalue weighted by atomic mass is 10.2. The first-order valence-corrected chi connectivity index (χ1v) is 11.2. The van der Waals surface area contributed by atoms with Gasteiger partial charge in [-0.05, 0) is 29.9 Å². The molecule has 0 radical (unpaired) electrons. The van der Waals surface area contributed by atoms with Crippen LogP contribution in [0, 0.1) is 0 Å². The van der Waals surface area contributed by atoms with E-state index in [9.17, 15) is 0 Å². The molecule has 1 heterocycles. The molecule has 1 aliphatic rings. The predicted octanol–water partition coefficient (Wildman–Crippen LogP) is 4.68. The second-order valence-electron chi connectivity index (χ2n) is 7.00. The second-order valence-corrected chi connectivity index (χ2v) is 9.19. The molecule has 0 aromatic heterocycles. The molecular formula is C26H21NOP-. The van der Waals surface area contributed by atoms with Gasteiger partial charge in [-0.3, -0.25) is 0 Å². The minimum absolute atomic E-state index is 0.0766. The summed E-state index contributed by atoms with van der Waals surface area (Å²) >= 11 is 0. The van der Waals surface area contributed by atoms with E-state index in [0.29, 0.717) is 6.61 Å². The molecule has 29 heavy (non-hydrogen) atoms. The SMILES string of the molecule is c1ccc(P(c2ccccc2)c2ccccc2C2=N[C@H](c3ccc[cH-]3)CO2)cc1. The average Bonchev–Trinajstić information content (AvgIpc) is 3.48. The van der Waals surface area contributed by atoms with Crippen LogP contribution in [0.3, 0.4) is 0 Å². The van der Waals surface area contributed by atoms with Crippen LogP contribution in [-0.4, -0.2) is 12.5 Å². The Morgan fingerprint density at radius 2 is 1.41 bits per heavy atom. The van der Waals surface area contributed by atoms with E-state index in [4.69, 9.17) is 9.73 Å².